The third-order valence-corrected chi connectivity index (χ3v) is 3.92. The molecule has 3 rings (SSSR count). The Morgan fingerprint density at radius 3 is 2.90 bits per heavy atom. The largest absolute Gasteiger partial charge is 0.497 e. The number of nitrogen functional groups attached to an aromatic ring is 1. The summed E-state index contributed by atoms with van der Waals surface area (Å²) in [6.07, 6.45) is 1.65. The van der Waals surface area contributed by atoms with Crippen molar-refractivity contribution in [2.75, 3.05) is 12.8 Å². The second-order valence-electron chi connectivity index (χ2n) is 4.42. The first-order valence-electron chi connectivity index (χ1n) is 6.09. The quantitative estimate of drug-likeness (QED) is 0.774. The lowest BCUT2D eigenvalue weighted by molar-refractivity contribution is 0.415. The monoisotopic (exact) mass is 286 g/mol. The van der Waals surface area contributed by atoms with Gasteiger partial charge in [0.15, 0.2) is 5.16 Å². The van der Waals surface area contributed by atoms with Crippen LogP contribution >= 0.6 is 11.8 Å². The molecule has 0 aliphatic carbocycles. The first kappa shape index (κ1) is 12.8. The van der Waals surface area contributed by atoms with Gasteiger partial charge in [-0.3, -0.25) is 0 Å². The summed E-state index contributed by atoms with van der Waals surface area (Å²) in [6.45, 7) is 1.98. The molecule has 102 valence electrons. The lowest BCUT2D eigenvalue weighted by Crippen LogP contribution is -1.91. The zero-order valence-electron chi connectivity index (χ0n) is 11.2. The second-order valence-corrected chi connectivity index (χ2v) is 5.40. The van der Waals surface area contributed by atoms with Gasteiger partial charge in [0, 0.05) is 6.07 Å². The first-order chi connectivity index (χ1) is 9.65. The van der Waals surface area contributed by atoms with E-state index in [2.05, 4.69) is 15.0 Å². The lowest BCUT2D eigenvalue weighted by atomic mass is 10.3. The Morgan fingerprint density at radius 2 is 2.15 bits per heavy atom. The molecule has 2 aromatic heterocycles. The standard InChI is InChI=1S/C14H14N4OS/c1-8-5-9(15)7-16-13(8)20-14-17-11-4-3-10(19-2)6-12(11)18-14/h3-7H,15H2,1-2H3,(H,17,18). The Kier molecular flexibility index (Phi) is 3.23. The molecule has 0 radical (unpaired) electrons. The Labute approximate surface area is 120 Å². The Hall–Kier alpha value is -2.21. The van der Waals surface area contributed by atoms with Gasteiger partial charge in [-0.2, -0.15) is 0 Å². The van der Waals surface area contributed by atoms with Crippen molar-refractivity contribution in [3.8, 4) is 5.75 Å². The molecule has 0 atom stereocenters. The van der Waals surface area contributed by atoms with Crippen LogP contribution in [0.5, 0.6) is 5.75 Å². The number of H-pyrrole nitrogens is 1. The van der Waals surface area contributed by atoms with Crippen LogP contribution in [0.4, 0.5) is 5.69 Å². The van der Waals surface area contributed by atoms with Crippen molar-refractivity contribution in [1.82, 2.24) is 15.0 Å². The number of hydrogen-bond acceptors (Lipinski definition) is 5. The van der Waals surface area contributed by atoms with E-state index in [0.29, 0.717) is 5.69 Å². The number of nitrogens with two attached hydrogens (primary N) is 1. The summed E-state index contributed by atoms with van der Waals surface area (Å²) in [6, 6.07) is 7.65. The van der Waals surface area contributed by atoms with Gasteiger partial charge < -0.3 is 15.5 Å². The number of fused-ring (bicyclic) bond motifs is 1. The number of benzene rings is 1. The molecule has 20 heavy (non-hydrogen) atoms. The molecule has 0 bridgehead atoms. The minimum atomic E-state index is 0.668. The molecule has 2 heterocycles. The van der Waals surface area contributed by atoms with Gasteiger partial charge in [-0.1, -0.05) is 0 Å². The maximum Gasteiger partial charge on any atom is 0.172 e. The van der Waals surface area contributed by atoms with E-state index >= 15 is 0 Å². The molecule has 3 aromatic rings. The van der Waals surface area contributed by atoms with Crippen LogP contribution in [0.1, 0.15) is 5.56 Å². The van der Waals surface area contributed by atoms with E-state index in [0.717, 1.165) is 32.5 Å². The maximum atomic E-state index is 5.71. The normalized spacial score (nSPS) is 10.9. The number of nitrogens with zero attached hydrogens (tertiary/aromatic N) is 2. The van der Waals surface area contributed by atoms with Gasteiger partial charge in [0.25, 0.3) is 0 Å². The Balaban J connectivity index is 1.94. The van der Waals surface area contributed by atoms with E-state index in [1.165, 1.54) is 11.8 Å². The van der Waals surface area contributed by atoms with Crippen molar-refractivity contribution in [2.45, 2.75) is 17.1 Å². The Morgan fingerprint density at radius 1 is 1.30 bits per heavy atom. The highest BCUT2D eigenvalue weighted by atomic mass is 32.2. The number of imidazole rings is 1. The molecule has 5 nitrogen and oxygen atoms in total. The van der Waals surface area contributed by atoms with Gasteiger partial charge in [0.1, 0.15) is 10.8 Å². The summed E-state index contributed by atoms with van der Waals surface area (Å²) in [5.74, 6) is 0.805. The van der Waals surface area contributed by atoms with Crippen LogP contribution in [0.2, 0.25) is 0 Å². The molecule has 1 aromatic carbocycles. The number of aromatic amines is 1. The smallest absolute Gasteiger partial charge is 0.172 e. The number of pyridine rings is 1. The molecule has 0 aliphatic rings. The molecule has 0 amide bonds. The molecule has 0 saturated carbocycles. The minimum absolute atomic E-state index is 0.668. The van der Waals surface area contributed by atoms with Gasteiger partial charge in [-0.25, -0.2) is 9.97 Å². The first-order valence-corrected chi connectivity index (χ1v) is 6.91. The highest BCUT2D eigenvalue weighted by Gasteiger charge is 2.08. The molecule has 0 unspecified atom stereocenters. The lowest BCUT2D eigenvalue weighted by Gasteiger charge is -2.02. The van der Waals surface area contributed by atoms with Crippen LogP contribution < -0.4 is 10.5 Å². The van der Waals surface area contributed by atoms with Gasteiger partial charge in [0.05, 0.1) is 30.0 Å². The summed E-state index contributed by atoms with van der Waals surface area (Å²) in [7, 11) is 1.65. The predicted octanol–water partition coefficient (Wildman–Crippen LogP) is 3.01. The van der Waals surface area contributed by atoms with E-state index in [-0.39, 0.29) is 0 Å². The van der Waals surface area contributed by atoms with Crippen molar-refractivity contribution in [2.24, 2.45) is 0 Å². The third kappa shape index (κ3) is 2.42. The van der Waals surface area contributed by atoms with Gasteiger partial charge in [0.2, 0.25) is 0 Å². The molecule has 6 heteroatoms. The number of ether oxygens (including phenoxy) is 1. The average molecular weight is 286 g/mol. The average Bonchev–Trinajstić information content (AvgIpc) is 2.83. The van der Waals surface area contributed by atoms with Gasteiger partial charge >= 0.3 is 0 Å². The van der Waals surface area contributed by atoms with Crippen LogP contribution in [0.3, 0.4) is 0 Å². The highest BCUT2D eigenvalue weighted by Crippen LogP contribution is 2.29. The molecule has 0 aliphatic heterocycles. The number of hydrogen-bond donors (Lipinski definition) is 2. The van der Waals surface area contributed by atoms with Crippen LogP contribution in [-0.4, -0.2) is 22.1 Å². The van der Waals surface area contributed by atoms with E-state index < -0.39 is 0 Å². The molecule has 3 N–H and O–H groups in total. The fourth-order valence-electron chi connectivity index (χ4n) is 1.92. The summed E-state index contributed by atoms with van der Waals surface area (Å²) in [5, 5.41) is 1.69. The zero-order valence-corrected chi connectivity index (χ0v) is 12.0. The van der Waals surface area contributed by atoms with Crippen LogP contribution in [0.25, 0.3) is 11.0 Å². The summed E-state index contributed by atoms with van der Waals surface area (Å²) in [5.41, 5.74) is 9.26. The van der Waals surface area contributed by atoms with E-state index in [1.807, 2.05) is 31.2 Å². The van der Waals surface area contributed by atoms with Crippen LogP contribution in [0.15, 0.2) is 40.6 Å². The number of aromatic nitrogens is 3. The minimum Gasteiger partial charge on any atom is -0.497 e. The summed E-state index contributed by atoms with van der Waals surface area (Å²) < 4.78 is 5.20. The number of methoxy groups -OCH3 is 1. The molecule has 0 saturated heterocycles. The second kappa shape index (κ2) is 5.05. The molecule has 0 fully saturated rings. The van der Waals surface area contributed by atoms with E-state index in [9.17, 15) is 0 Å². The summed E-state index contributed by atoms with van der Waals surface area (Å²) >= 11 is 1.49. The van der Waals surface area contributed by atoms with Gasteiger partial charge in [-0.15, -0.1) is 0 Å². The number of anilines is 1. The molecular formula is C14H14N4OS. The predicted molar refractivity (Wildman–Crippen MR) is 80.2 cm³/mol. The third-order valence-electron chi connectivity index (χ3n) is 2.91. The zero-order chi connectivity index (χ0) is 14.1. The number of aryl methyl sites for hydroxylation is 1. The fraction of sp³-hybridized carbons (Fsp3) is 0.143. The molecule has 0 spiro atoms. The molecular weight excluding hydrogens is 272 g/mol. The van der Waals surface area contributed by atoms with Gasteiger partial charge in [-0.05, 0) is 42.4 Å². The van der Waals surface area contributed by atoms with Crippen LogP contribution in [-0.2, 0) is 0 Å². The fourth-order valence-corrected chi connectivity index (χ4v) is 2.74. The van der Waals surface area contributed by atoms with Crippen molar-refractivity contribution in [3.63, 3.8) is 0 Å². The topological polar surface area (TPSA) is 76.8 Å². The number of nitrogens with one attached hydrogen (secondary N) is 1. The van der Waals surface area contributed by atoms with E-state index in [4.69, 9.17) is 10.5 Å². The van der Waals surface area contributed by atoms with Crippen molar-refractivity contribution in [1.29, 1.82) is 0 Å². The summed E-state index contributed by atoms with van der Waals surface area (Å²) in [4.78, 5) is 12.1. The van der Waals surface area contributed by atoms with E-state index in [1.54, 1.807) is 13.3 Å². The SMILES string of the molecule is COc1ccc2nc(Sc3ncc(N)cc3C)[nH]c2c1. The van der Waals surface area contributed by atoms with Crippen molar-refractivity contribution >= 4 is 28.5 Å². The van der Waals surface area contributed by atoms with Crippen molar-refractivity contribution in [3.05, 3.63) is 36.0 Å². The highest BCUT2D eigenvalue weighted by molar-refractivity contribution is 7.99. The maximum absolute atomic E-state index is 5.71. The van der Waals surface area contributed by atoms with Crippen molar-refractivity contribution < 1.29 is 4.74 Å². The van der Waals surface area contributed by atoms with Crippen LogP contribution in [0, 0.1) is 6.92 Å². The Bertz CT molecular complexity index is 769. The number of rotatable bonds is 3.